The van der Waals surface area contributed by atoms with Crippen LogP contribution in [0.1, 0.15) is 21.6 Å². The van der Waals surface area contributed by atoms with Gasteiger partial charge in [-0.3, -0.25) is 9.89 Å². The Labute approximate surface area is 163 Å². The van der Waals surface area contributed by atoms with Gasteiger partial charge in [-0.25, -0.2) is 0 Å². The fourth-order valence-electron chi connectivity index (χ4n) is 3.40. The minimum Gasteiger partial charge on any atom is -0.378 e. The zero-order valence-electron chi connectivity index (χ0n) is 15.4. The summed E-state index contributed by atoms with van der Waals surface area (Å²) in [5, 5.41) is 8.31. The van der Waals surface area contributed by atoms with Crippen LogP contribution < -0.4 is 4.90 Å². The average molecular weight is 381 g/mol. The second-order valence-electron chi connectivity index (χ2n) is 6.95. The van der Waals surface area contributed by atoms with Crippen molar-refractivity contribution in [1.29, 1.82) is 0 Å². The van der Waals surface area contributed by atoms with Crippen LogP contribution in [-0.4, -0.2) is 41.6 Å². The van der Waals surface area contributed by atoms with Crippen LogP contribution in [0.3, 0.4) is 0 Å². The van der Waals surface area contributed by atoms with Gasteiger partial charge in [-0.05, 0) is 36.4 Å². The van der Waals surface area contributed by atoms with Crippen molar-refractivity contribution in [2.24, 2.45) is 0 Å². The molecule has 0 atom stereocenters. The van der Waals surface area contributed by atoms with Gasteiger partial charge in [0, 0.05) is 66.7 Å². The Morgan fingerprint density at radius 3 is 2.48 bits per heavy atom. The molecular weight excluding hydrogens is 360 g/mol. The van der Waals surface area contributed by atoms with Gasteiger partial charge in [0.15, 0.2) is 0 Å². The molecular formula is C21H21ClN4O. The first kappa shape index (κ1) is 17.6. The SMILES string of the molecule is CN(C)c1ccc(C(=O)N2CCc3[nH]nc(-c4ccc(Cl)cc4)c3C2)cc1. The van der Waals surface area contributed by atoms with Crippen molar-refractivity contribution in [2.45, 2.75) is 13.0 Å². The highest BCUT2D eigenvalue weighted by molar-refractivity contribution is 6.30. The Hall–Kier alpha value is -2.79. The molecule has 0 spiro atoms. The Bertz CT molecular complexity index is 961. The molecule has 4 rings (SSSR count). The van der Waals surface area contributed by atoms with E-state index in [-0.39, 0.29) is 5.91 Å². The fraction of sp³-hybridized carbons (Fsp3) is 0.238. The maximum Gasteiger partial charge on any atom is 0.254 e. The van der Waals surface area contributed by atoms with E-state index in [2.05, 4.69) is 10.2 Å². The highest BCUT2D eigenvalue weighted by Crippen LogP contribution is 2.29. The van der Waals surface area contributed by atoms with Gasteiger partial charge in [0.25, 0.3) is 5.91 Å². The molecule has 0 saturated heterocycles. The smallest absolute Gasteiger partial charge is 0.254 e. The van der Waals surface area contributed by atoms with E-state index < -0.39 is 0 Å². The van der Waals surface area contributed by atoms with E-state index in [4.69, 9.17) is 11.6 Å². The third kappa shape index (κ3) is 3.43. The lowest BCUT2D eigenvalue weighted by molar-refractivity contribution is 0.0734. The van der Waals surface area contributed by atoms with Crippen molar-refractivity contribution >= 4 is 23.2 Å². The van der Waals surface area contributed by atoms with Crippen molar-refractivity contribution in [3.8, 4) is 11.3 Å². The van der Waals surface area contributed by atoms with E-state index in [0.29, 0.717) is 23.7 Å². The molecule has 0 radical (unpaired) electrons. The van der Waals surface area contributed by atoms with Crippen LogP contribution in [0.25, 0.3) is 11.3 Å². The molecule has 1 aliphatic heterocycles. The van der Waals surface area contributed by atoms with Crippen LogP contribution in [0.4, 0.5) is 5.69 Å². The monoisotopic (exact) mass is 380 g/mol. The number of nitrogens with zero attached hydrogens (tertiary/aromatic N) is 3. The standard InChI is InChI=1S/C21H21ClN4O/c1-25(2)17-9-5-15(6-10-17)21(27)26-12-11-19-18(13-26)20(24-23-19)14-3-7-16(22)8-4-14/h3-10H,11-13H2,1-2H3,(H,23,24). The number of anilines is 1. The molecule has 3 aromatic rings. The Morgan fingerprint density at radius 2 is 1.81 bits per heavy atom. The van der Waals surface area contributed by atoms with Crippen molar-refractivity contribution in [2.75, 3.05) is 25.5 Å². The quantitative estimate of drug-likeness (QED) is 0.747. The van der Waals surface area contributed by atoms with Gasteiger partial charge < -0.3 is 9.80 Å². The normalized spacial score (nSPS) is 13.4. The summed E-state index contributed by atoms with van der Waals surface area (Å²) < 4.78 is 0. The lowest BCUT2D eigenvalue weighted by Gasteiger charge is -2.27. The molecule has 138 valence electrons. The van der Waals surface area contributed by atoms with Crippen LogP contribution in [0.5, 0.6) is 0 Å². The lowest BCUT2D eigenvalue weighted by Crippen LogP contribution is -2.35. The first-order chi connectivity index (χ1) is 13.0. The van der Waals surface area contributed by atoms with Crippen molar-refractivity contribution in [3.05, 3.63) is 70.4 Å². The van der Waals surface area contributed by atoms with Crippen molar-refractivity contribution in [3.63, 3.8) is 0 Å². The summed E-state index contributed by atoms with van der Waals surface area (Å²) in [5.74, 6) is 0.0502. The molecule has 5 nitrogen and oxygen atoms in total. The summed E-state index contributed by atoms with van der Waals surface area (Å²) in [6.07, 6.45) is 0.775. The van der Waals surface area contributed by atoms with Crippen LogP contribution in [0, 0.1) is 0 Å². The van der Waals surface area contributed by atoms with E-state index in [1.807, 2.05) is 72.4 Å². The van der Waals surface area contributed by atoms with E-state index in [1.54, 1.807) is 0 Å². The largest absolute Gasteiger partial charge is 0.378 e. The average Bonchev–Trinajstić information content (AvgIpc) is 3.11. The number of nitrogens with one attached hydrogen (secondary N) is 1. The summed E-state index contributed by atoms with van der Waals surface area (Å²) in [6, 6.07) is 15.4. The predicted molar refractivity (Wildman–Crippen MR) is 108 cm³/mol. The Kier molecular flexibility index (Phi) is 4.62. The number of carbonyl (C=O) groups excluding carboxylic acids is 1. The molecule has 2 aromatic carbocycles. The molecule has 6 heteroatoms. The minimum atomic E-state index is 0.0502. The second-order valence-corrected chi connectivity index (χ2v) is 7.39. The molecule has 0 saturated carbocycles. The van der Waals surface area contributed by atoms with Gasteiger partial charge in [0.05, 0.1) is 5.69 Å². The first-order valence-electron chi connectivity index (χ1n) is 8.91. The van der Waals surface area contributed by atoms with Crippen molar-refractivity contribution in [1.82, 2.24) is 15.1 Å². The number of amides is 1. The van der Waals surface area contributed by atoms with Crippen LogP contribution in [-0.2, 0) is 13.0 Å². The van der Waals surface area contributed by atoms with Crippen LogP contribution in [0.2, 0.25) is 5.02 Å². The van der Waals surface area contributed by atoms with Gasteiger partial charge in [-0.15, -0.1) is 0 Å². The minimum absolute atomic E-state index is 0.0502. The molecule has 1 aliphatic rings. The van der Waals surface area contributed by atoms with E-state index >= 15 is 0 Å². The lowest BCUT2D eigenvalue weighted by atomic mass is 10.0. The molecule has 27 heavy (non-hydrogen) atoms. The molecule has 1 amide bonds. The topological polar surface area (TPSA) is 52.2 Å². The third-order valence-corrected chi connectivity index (χ3v) is 5.22. The zero-order chi connectivity index (χ0) is 19.0. The summed E-state index contributed by atoms with van der Waals surface area (Å²) in [7, 11) is 3.97. The number of carbonyl (C=O) groups is 1. The zero-order valence-corrected chi connectivity index (χ0v) is 16.1. The summed E-state index contributed by atoms with van der Waals surface area (Å²) in [4.78, 5) is 16.9. The fourth-order valence-corrected chi connectivity index (χ4v) is 3.53. The van der Waals surface area contributed by atoms with Gasteiger partial charge >= 0.3 is 0 Å². The van der Waals surface area contributed by atoms with E-state index in [1.165, 1.54) is 0 Å². The predicted octanol–water partition coefficient (Wildman–Crippen LogP) is 3.99. The van der Waals surface area contributed by atoms with Crippen molar-refractivity contribution < 1.29 is 4.79 Å². The van der Waals surface area contributed by atoms with Crippen LogP contribution >= 0.6 is 11.6 Å². The first-order valence-corrected chi connectivity index (χ1v) is 9.29. The van der Waals surface area contributed by atoms with Gasteiger partial charge in [-0.1, -0.05) is 23.7 Å². The number of fused-ring (bicyclic) bond motifs is 1. The maximum atomic E-state index is 13.0. The molecule has 1 N–H and O–H groups in total. The van der Waals surface area contributed by atoms with Gasteiger partial charge in [0.1, 0.15) is 0 Å². The molecule has 0 unspecified atom stereocenters. The van der Waals surface area contributed by atoms with E-state index in [9.17, 15) is 4.79 Å². The Balaban J connectivity index is 1.58. The van der Waals surface area contributed by atoms with E-state index in [0.717, 1.165) is 34.6 Å². The van der Waals surface area contributed by atoms with Gasteiger partial charge in [-0.2, -0.15) is 5.10 Å². The molecule has 1 aromatic heterocycles. The molecule has 2 heterocycles. The summed E-state index contributed by atoms with van der Waals surface area (Å²) in [5.41, 5.74) is 5.87. The maximum absolute atomic E-state index is 13.0. The summed E-state index contributed by atoms with van der Waals surface area (Å²) >= 11 is 6.00. The number of H-pyrrole nitrogens is 1. The number of benzene rings is 2. The number of hydrogen-bond donors (Lipinski definition) is 1. The number of hydrogen-bond acceptors (Lipinski definition) is 3. The number of aromatic amines is 1. The highest BCUT2D eigenvalue weighted by Gasteiger charge is 2.26. The second kappa shape index (κ2) is 7.08. The van der Waals surface area contributed by atoms with Gasteiger partial charge in [0.2, 0.25) is 0 Å². The van der Waals surface area contributed by atoms with Crippen LogP contribution in [0.15, 0.2) is 48.5 Å². The number of rotatable bonds is 3. The number of aromatic nitrogens is 2. The molecule has 0 aliphatic carbocycles. The molecule has 0 bridgehead atoms. The molecule has 0 fully saturated rings. The summed E-state index contributed by atoms with van der Waals surface area (Å²) in [6.45, 7) is 1.24. The Morgan fingerprint density at radius 1 is 1.11 bits per heavy atom. The third-order valence-electron chi connectivity index (χ3n) is 4.97. The number of halogens is 1. The highest BCUT2D eigenvalue weighted by atomic mass is 35.5.